The van der Waals surface area contributed by atoms with E-state index in [4.69, 9.17) is 9.84 Å². The largest absolute Gasteiger partial charge is 0.478 e. The number of thioether (sulfide) groups is 1. The molecule has 0 aromatic heterocycles. The molecule has 16 heavy (non-hydrogen) atoms. The number of aliphatic carboxylic acids is 1. The van der Waals surface area contributed by atoms with Crippen LogP contribution in [0.15, 0.2) is 0 Å². The number of carbonyl (C=O) groups excluding carboxylic acids is 1. The van der Waals surface area contributed by atoms with E-state index >= 15 is 0 Å². The number of ether oxygens (including phenoxy) is 1. The van der Waals surface area contributed by atoms with Crippen molar-refractivity contribution in [3.05, 3.63) is 0 Å². The van der Waals surface area contributed by atoms with E-state index in [1.54, 1.807) is 0 Å². The van der Waals surface area contributed by atoms with Gasteiger partial charge in [-0.05, 0) is 18.6 Å². The van der Waals surface area contributed by atoms with Crippen molar-refractivity contribution in [1.82, 2.24) is 4.90 Å². The topological polar surface area (TPSA) is 66.8 Å². The summed E-state index contributed by atoms with van der Waals surface area (Å²) in [7, 11) is 0. The van der Waals surface area contributed by atoms with Crippen LogP contribution in [0.3, 0.4) is 0 Å². The summed E-state index contributed by atoms with van der Waals surface area (Å²) in [5.41, 5.74) is 0. The summed E-state index contributed by atoms with van der Waals surface area (Å²) < 4.78 is 4.76. The molecule has 1 amide bonds. The Hall–Kier alpha value is -0.910. The van der Waals surface area contributed by atoms with Crippen LogP contribution in [0.2, 0.25) is 0 Å². The van der Waals surface area contributed by atoms with Crippen LogP contribution >= 0.6 is 11.8 Å². The molecule has 0 aliphatic carbocycles. The summed E-state index contributed by atoms with van der Waals surface area (Å²) >= 11 is 1.86. The van der Waals surface area contributed by atoms with Crippen LogP contribution < -0.4 is 0 Å². The standard InChI is InChI=1S/C10H15NO4S/c12-9(13)8-6-11(10(14)15-8)5-7-3-1-2-4-16-7/h7-8H,1-6H2,(H,12,13)/t7?,8-/m1/s1. The predicted octanol–water partition coefficient (Wildman–Crippen LogP) is 1.18. The Morgan fingerprint density at radius 1 is 1.56 bits per heavy atom. The van der Waals surface area contributed by atoms with E-state index in [1.807, 2.05) is 11.8 Å². The van der Waals surface area contributed by atoms with Crippen molar-refractivity contribution in [2.75, 3.05) is 18.8 Å². The Morgan fingerprint density at radius 2 is 2.38 bits per heavy atom. The minimum absolute atomic E-state index is 0.186. The smallest absolute Gasteiger partial charge is 0.410 e. The van der Waals surface area contributed by atoms with E-state index in [2.05, 4.69) is 0 Å². The van der Waals surface area contributed by atoms with Gasteiger partial charge in [-0.2, -0.15) is 11.8 Å². The third kappa shape index (κ3) is 2.61. The first-order chi connectivity index (χ1) is 7.66. The lowest BCUT2D eigenvalue weighted by atomic mass is 10.2. The summed E-state index contributed by atoms with van der Waals surface area (Å²) in [5, 5.41) is 9.18. The molecule has 0 aromatic carbocycles. The molecule has 1 unspecified atom stereocenters. The zero-order valence-electron chi connectivity index (χ0n) is 8.92. The highest BCUT2D eigenvalue weighted by molar-refractivity contribution is 7.99. The number of rotatable bonds is 3. The van der Waals surface area contributed by atoms with Gasteiger partial charge in [0.2, 0.25) is 6.10 Å². The molecule has 2 aliphatic rings. The molecule has 2 heterocycles. The Labute approximate surface area is 98.1 Å². The first-order valence-corrected chi connectivity index (χ1v) is 6.51. The quantitative estimate of drug-likeness (QED) is 0.808. The van der Waals surface area contributed by atoms with E-state index in [1.165, 1.54) is 17.7 Å². The van der Waals surface area contributed by atoms with Crippen LogP contribution in [-0.4, -0.2) is 52.3 Å². The molecule has 1 N–H and O–H groups in total. The van der Waals surface area contributed by atoms with Crippen LogP contribution in [0.1, 0.15) is 19.3 Å². The second kappa shape index (κ2) is 4.95. The van der Waals surface area contributed by atoms with Crippen LogP contribution in [-0.2, 0) is 9.53 Å². The van der Waals surface area contributed by atoms with Gasteiger partial charge in [0.1, 0.15) is 0 Å². The molecule has 2 rings (SSSR count). The molecule has 0 bridgehead atoms. The number of amides is 1. The Morgan fingerprint density at radius 3 is 2.94 bits per heavy atom. The molecular weight excluding hydrogens is 230 g/mol. The fourth-order valence-electron chi connectivity index (χ4n) is 1.98. The minimum Gasteiger partial charge on any atom is -0.478 e. The van der Waals surface area contributed by atoms with Crippen LogP contribution in [0, 0.1) is 0 Å². The number of carboxylic acids is 1. The fraction of sp³-hybridized carbons (Fsp3) is 0.800. The Kier molecular flexibility index (Phi) is 3.58. The molecule has 6 heteroatoms. The van der Waals surface area contributed by atoms with Crippen LogP contribution in [0.25, 0.3) is 0 Å². The zero-order valence-corrected chi connectivity index (χ0v) is 9.74. The van der Waals surface area contributed by atoms with Gasteiger partial charge >= 0.3 is 12.1 Å². The fourth-order valence-corrected chi connectivity index (χ4v) is 3.31. The van der Waals surface area contributed by atoms with Gasteiger partial charge in [-0.25, -0.2) is 9.59 Å². The number of nitrogens with zero attached hydrogens (tertiary/aromatic N) is 1. The Balaban J connectivity index is 1.85. The maximum absolute atomic E-state index is 11.4. The lowest BCUT2D eigenvalue weighted by Gasteiger charge is -2.24. The first kappa shape index (κ1) is 11.6. The lowest BCUT2D eigenvalue weighted by molar-refractivity contribution is -0.144. The molecule has 90 valence electrons. The van der Waals surface area contributed by atoms with E-state index in [9.17, 15) is 9.59 Å². The predicted molar refractivity (Wildman–Crippen MR) is 59.6 cm³/mol. The summed E-state index contributed by atoms with van der Waals surface area (Å²) in [4.78, 5) is 23.6. The number of hydrogen-bond acceptors (Lipinski definition) is 4. The third-order valence-corrected chi connectivity index (χ3v) is 4.24. The van der Waals surface area contributed by atoms with E-state index in [-0.39, 0.29) is 6.54 Å². The molecule has 5 nitrogen and oxygen atoms in total. The van der Waals surface area contributed by atoms with Gasteiger partial charge in [-0.3, -0.25) is 0 Å². The van der Waals surface area contributed by atoms with Gasteiger partial charge in [0.05, 0.1) is 6.54 Å². The SMILES string of the molecule is O=C(O)[C@H]1CN(CC2CCCCS2)C(=O)O1. The highest BCUT2D eigenvalue weighted by Crippen LogP contribution is 2.27. The molecule has 0 saturated carbocycles. The number of carbonyl (C=O) groups is 2. The third-order valence-electron chi connectivity index (χ3n) is 2.86. The highest BCUT2D eigenvalue weighted by atomic mass is 32.2. The highest BCUT2D eigenvalue weighted by Gasteiger charge is 2.37. The van der Waals surface area contributed by atoms with E-state index in [0.29, 0.717) is 11.8 Å². The van der Waals surface area contributed by atoms with Crippen molar-refractivity contribution in [2.24, 2.45) is 0 Å². The molecule has 2 atom stereocenters. The van der Waals surface area contributed by atoms with Crippen molar-refractivity contribution >= 4 is 23.8 Å². The second-order valence-corrected chi connectivity index (χ2v) is 5.51. The molecular formula is C10H15NO4S. The van der Waals surface area contributed by atoms with Crippen molar-refractivity contribution in [3.8, 4) is 0 Å². The first-order valence-electron chi connectivity index (χ1n) is 5.47. The normalized spacial score (nSPS) is 30.2. The van der Waals surface area contributed by atoms with Gasteiger partial charge in [0.25, 0.3) is 0 Å². The Bertz CT molecular complexity index is 291. The zero-order chi connectivity index (χ0) is 11.5. The minimum atomic E-state index is -1.06. The molecule has 2 saturated heterocycles. The van der Waals surface area contributed by atoms with Crippen molar-refractivity contribution in [3.63, 3.8) is 0 Å². The van der Waals surface area contributed by atoms with Crippen LogP contribution in [0.5, 0.6) is 0 Å². The molecule has 0 spiro atoms. The van der Waals surface area contributed by atoms with Crippen molar-refractivity contribution < 1.29 is 19.4 Å². The van der Waals surface area contributed by atoms with Gasteiger partial charge in [0.15, 0.2) is 0 Å². The monoisotopic (exact) mass is 245 g/mol. The molecule has 2 fully saturated rings. The van der Waals surface area contributed by atoms with Crippen molar-refractivity contribution in [1.29, 1.82) is 0 Å². The maximum Gasteiger partial charge on any atom is 0.410 e. The average Bonchev–Trinajstić information content (AvgIpc) is 2.62. The van der Waals surface area contributed by atoms with E-state index < -0.39 is 18.2 Å². The van der Waals surface area contributed by atoms with Gasteiger partial charge in [-0.15, -0.1) is 0 Å². The lowest BCUT2D eigenvalue weighted by Crippen LogP contribution is -2.34. The molecule has 0 aromatic rings. The van der Waals surface area contributed by atoms with Crippen molar-refractivity contribution in [2.45, 2.75) is 30.6 Å². The summed E-state index contributed by atoms with van der Waals surface area (Å²) in [6.07, 6.45) is 2.07. The number of cyclic esters (lactones) is 1. The number of carboxylic acid groups (broad SMARTS) is 1. The van der Waals surface area contributed by atoms with Crippen LogP contribution in [0.4, 0.5) is 4.79 Å². The van der Waals surface area contributed by atoms with E-state index in [0.717, 1.165) is 12.2 Å². The van der Waals surface area contributed by atoms with Gasteiger partial charge in [0, 0.05) is 11.8 Å². The summed E-state index contributed by atoms with van der Waals surface area (Å²) in [5.74, 6) is 0.0720. The summed E-state index contributed by atoms with van der Waals surface area (Å²) in [6.45, 7) is 0.804. The second-order valence-electron chi connectivity index (χ2n) is 4.10. The summed E-state index contributed by atoms with van der Waals surface area (Å²) in [6, 6.07) is 0. The van der Waals surface area contributed by atoms with Gasteiger partial charge < -0.3 is 14.7 Å². The molecule has 2 aliphatic heterocycles. The number of hydrogen-bond donors (Lipinski definition) is 1. The van der Waals surface area contributed by atoms with Gasteiger partial charge in [-0.1, -0.05) is 6.42 Å². The molecule has 0 radical (unpaired) electrons. The maximum atomic E-state index is 11.4. The average molecular weight is 245 g/mol.